The number of benzene rings is 9. The summed E-state index contributed by atoms with van der Waals surface area (Å²) in [5.41, 5.74) is 9.16. The second-order valence-electron chi connectivity index (χ2n) is 14.9. The number of nitrogens with zero attached hydrogens (tertiary/aromatic N) is 4. The molecular weight excluding hydrogens is 697 g/mol. The van der Waals surface area contributed by atoms with Gasteiger partial charge in [-0.15, -0.1) is 0 Å². The average Bonchev–Trinajstić information content (AvgIpc) is 3.93. The molecule has 5 nitrogen and oxygen atoms in total. The lowest BCUT2D eigenvalue weighted by Gasteiger charge is -2.16. The van der Waals surface area contributed by atoms with Crippen molar-refractivity contribution >= 4 is 98.0 Å². The Morgan fingerprint density at radius 3 is 1.84 bits per heavy atom. The van der Waals surface area contributed by atoms with E-state index in [2.05, 4.69) is 167 Å². The number of rotatable bonds is 3. The van der Waals surface area contributed by atoms with E-state index in [4.69, 9.17) is 14.4 Å². The molecule has 0 fully saturated rings. The van der Waals surface area contributed by atoms with E-state index in [1.165, 1.54) is 43.4 Å². The highest BCUT2D eigenvalue weighted by Crippen LogP contribution is 2.45. The first-order chi connectivity index (χ1) is 28.3. The molecule has 0 aliphatic rings. The lowest BCUT2D eigenvalue weighted by Crippen LogP contribution is -2.03. The SMILES string of the molecule is c1ccc2c(-n3c4ccccc4c4c5ccccc5ccc43)c3c4ccccc4n(-c4nc(-c5cccc6oc7ccccc7c56)nc5ccccc45)c3cc2c1. The van der Waals surface area contributed by atoms with Gasteiger partial charge in [-0.2, -0.15) is 0 Å². The van der Waals surface area contributed by atoms with Crippen molar-refractivity contribution in [1.82, 2.24) is 19.1 Å². The molecule has 264 valence electrons. The van der Waals surface area contributed by atoms with E-state index in [-0.39, 0.29) is 0 Å². The first-order valence-electron chi connectivity index (χ1n) is 19.3. The zero-order chi connectivity index (χ0) is 37.2. The predicted molar refractivity (Wildman–Crippen MR) is 236 cm³/mol. The van der Waals surface area contributed by atoms with Crippen LogP contribution >= 0.6 is 0 Å². The van der Waals surface area contributed by atoms with Gasteiger partial charge in [-0.3, -0.25) is 4.57 Å². The standard InChI is InChI=1S/C52H30N4O/c1-3-16-33-31(14-1)28-29-43-47(33)36-19-6-10-24-41(36)55(43)50-34-17-4-2-15-32(34)30-44-49(50)37-20-7-11-25-42(37)56(44)52-35-18-5-9-23-40(35)53-51(54-52)39-22-13-27-46-48(39)38-21-8-12-26-45(38)57-46/h1-30H. The lowest BCUT2D eigenvalue weighted by atomic mass is 10.0. The molecule has 13 rings (SSSR count). The second kappa shape index (κ2) is 11.4. The first kappa shape index (κ1) is 30.6. The van der Waals surface area contributed by atoms with E-state index >= 15 is 0 Å². The van der Waals surface area contributed by atoms with Crippen molar-refractivity contribution in [2.45, 2.75) is 0 Å². The molecular formula is C52H30N4O. The molecule has 0 aliphatic heterocycles. The molecule has 9 aromatic carbocycles. The number of furan rings is 1. The summed E-state index contributed by atoms with van der Waals surface area (Å²) >= 11 is 0. The molecule has 0 spiro atoms. The lowest BCUT2D eigenvalue weighted by molar-refractivity contribution is 0.669. The minimum Gasteiger partial charge on any atom is -0.456 e. The molecule has 0 radical (unpaired) electrons. The normalized spacial score (nSPS) is 12.2. The van der Waals surface area contributed by atoms with Crippen LogP contribution in [-0.4, -0.2) is 19.1 Å². The average molecular weight is 727 g/mol. The molecule has 57 heavy (non-hydrogen) atoms. The highest BCUT2D eigenvalue weighted by Gasteiger charge is 2.25. The molecule has 0 unspecified atom stereocenters. The molecule has 0 N–H and O–H groups in total. The largest absolute Gasteiger partial charge is 0.456 e. The van der Waals surface area contributed by atoms with E-state index in [1.54, 1.807) is 0 Å². The molecule has 4 aromatic heterocycles. The molecule has 0 saturated carbocycles. The maximum atomic E-state index is 6.33. The Balaban J connectivity index is 1.20. The Bertz CT molecular complexity index is 3830. The minimum absolute atomic E-state index is 0.655. The Hall–Kier alpha value is -7.76. The number of para-hydroxylation sites is 4. The number of hydrogen-bond acceptors (Lipinski definition) is 3. The topological polar surface area (TPSA) is 48.8 Å². The smallest absolute Gasteiger partial charge is 0.162 e. The van der Waals surface area contributed by atoms with E-state index in [1.807, 2.05) is 24.3 Å². The maximum Gasteiger partial charge on any atom is 0.162 e. The van der Waals surface area contributed by atoms with E-state index in [0.717, 1.165) is 71.7 Å². The zero-order valence-corrected chi connectivity index (χ0v) is 30.5. The summed E-state index contributed by atoms with van der Waals surface area (Å²) in [6.45, 7) is 0. The Morgan fingerprint density at radius 2 is 1.00 bits per heavy atom. The van der Waals surface area contributed by atoms with Crippen molar-refractivity contribution in [3.05, 3.63) is 182 Å². The van der Waals surface area contributed by atoms with Gasteiger partial charge in [0, 0.05) is 48.7 Å². The van der Waals surface area contributed by atoms with Gasteiger partial charge in [-0.1, -0.05) is 133 Å². The quantitative estimate of drug-likeness (QED) is 0.182. The van der Waals surface area contributed by atoms with E-state index < -0.39 is 0 Å². The van der Waals surface area contributed by atoms with Gasteiger partial charge in [0.05, 0.1) is 33.3 Å². The number of aromatic nitrogens is 4. The summed E-state index contributed by atoms with van der Waals surface area (Å²) in [4.78, 5) is 10.8. The maximum absolute atomic E-state index is 6.33. The van der Waals surface area contributed by atoms with Crippen LogP contribution in [0.25, 0.3) is 121 Å². The van der Waals surface area contributed by atoms with Gasteiger partial charge in [-0.25, -0.2) is 9.97 Å². The third-order valence-corrected chi connectivity index (χ3v) is 11.9. The Morgan fingerprint density at radius 1 is 0.368 bits per heavy atom. The van der Waals surface area contributed by atoms with Gasteiger partial charge >= 0.3 is 0 Å². The fourth-order valence-electron chi connectivity index (χ4n) is 9.52. The van der Waals surface area contributed by atoms with Crippen molar-refractivity contribution in [1.29, 1.82) is 0 Å². The van der Waals surface area contributed by atoms with Crippen molar-refractivity contribution < 1.29 is 4.42 Å². The summed E-state index contributed by atoms with van der Waals surface area (Å²) in [6, 6.07) is 64.8. The molecule has 0 amide bonds. The van der Waals surface area contributed by atoms with Gasteiger partial charge in [0.2, 0.25) is 0 Å². The third-order valence-electron chi connectivity index (χ3n) is 11.9. The van der Waals surface area contributed by atoms with Crippen LogP contribution in [0.15, 0.2) is 186 Å². The fourth-order valence-corrected chi connectivity index (χ4v) is 9.52. The predicted octanol–water partition coefficient (Wildman–Crippen LogP) is 13.7. The van der Waals surface area contributed by atoms with Crippen LogP contribution in [0.5, 0.6) is 0 Å². The van der Waals surface area contributed by atoms with E-state index in [9.17, 15) is 0 Å². The van der Waals surface area contributed by atoms with Crippen molar-refractivity contribution in [3.63, 3.8) is 0 Å². The molecule has 0 aliphatic carbocycles. The highest BCUT2D eigenvalue weighted by atomic mass is 16.3. The molecule has 13 aromatic rings. The number of fused-ring (bicyclic) bond motifs is 13. The van der Waals surface area contributed by atoms with Crippen LogP contribution in [0, 0.1) is 0 Å². The summed E-state index contributed by atoms with van der Waals surface area (Å²) in [5.74, 6) is 1.49. The van der Waals surface area contributed by atoms with Crippen LogP contribution in [0.1, 0.15) is 0 Å². The van der Waals surface area contributed by atoms with Crippen LogP contribution in [0.3, 0.4) is 0 Å². The van der Waals surface area contributed by atoms with Crippen LogP contribution in [0.4, 0.5) is 0 Å². The Labute approximate surface area is 325 Å². The van der Waals surface area contributed by atoms with Gasteiger partial charge in [0.15, 0.2) is 5.82 Å². The molecule has 0 atom stereocenters. The molecule has 0 saturated heterocycles. The monoisotopic (exact) mass is 726 g/mol. The summed E-state index contributed by atoms with van der Waals surface area (Å²) in [7, 11) is 0. The first-order valence-corrected chi connectivity index (χ1v) is 19.3. The minimum atomic E-state index is 0.655. The summed E-state index contributed by atoms with van der Waals surface area (Å²) < 4.78 is 11.2. The van der Waals surface area contributed by atoms with Crippen molar-refractivity contribution in [2.75, 3.05) is 0 Å². The van der Waals surface area contributed by atoms with Gasteiger partial charge in [0.25, 0.3) is 0 Å². The zero-order valence-electron chi connectivity index (χ0n) is 30.5. The molecule has 0 bridgehead atoms. The summed E-state index contributed by atoms with van der Waals surface area (Å²) in [6.07, 6.45) is 0. The van der Waals surface area contributed by atoms with Crippen molar-refractivity contribution in [2.24, 2.45) is 0 Å². The van der Waals surface area contributed by atoms with Crippen molar-refractivity contribution in [3.8, 4) is 22.9 Å². The van der Waals surface area contributed by atoms with Gasteiger partial charge in [-0.05, 0) is 64.7 Å². The van der Waals surface area contributed by atoms with Gasteiger partial charge in [0.1, 0.15) is 17.0 Å². The second-order valence-corrected chi connectivity index (χ2v) is 14.9. The highest BCUT2D eigenvalue weighted by molar-refractivity contribution is 6.25. The van der Waals surface area contributed by atoms with E-state index in [0.29, 0.717) is 5.82 Å². The Kier molecular flexibility index (Phi) is 6.10. The third kappa shape index (κ3) is 4.17. The van der Waals surface area contributed by atoms with Crippen LogP contribution in [0.2, 0.25) is 0 Å². The van der Waals surface area contributed by atoms with Crippen LogP contribution < -0.4 is 0 Å². The fraction of sp³-hybridized carbons (Fsp3) is 0. The van der Waals surface area contributed by atoms with Gasteiger partial charge < -0.3 is 8.98 Å². The molecule has 5 heteroatoms. The number of hydrogen-bond donors (Lipinski definition) is 0. The molecule has 4 heterocycles. The van der Waals surface area contributed by atoms with Crippen LogP contribution in [-0.2, 0) is 0 Å². The summed E-state index contributed by atoms with van der Waals surface area (Å²) in [5, 5.41) is 12.7.